The molecule has 0 unspecified atom stereocenters. The molecule has 0 spiro atoms. The van der Waals surface area contributed by atoms with Crippen molar-refractivity contribution >= 4 is 5.78 Å². The molecule has 0 radical (unpaired) electrons. The molecule has 0 aliphatic heterocycles. The summed E-state index contributed by atoms with van der Waals surface area (Å²) in [6.07, 6.45) is 1.18. The maximum atomic E-state index is 11.8. The molecule has 0 aromatic heterocycles. The largest absolute Gasteiger partial charge is 0.376 e. The molecule has 18 heavy (non-hydrogen) atoms. The first-order valence-corrected chi connectivity index (χ1v) is 6.45. The van der Waals surface area contributed by atoms with Crippen LogP contribution in [-0.4, -0.2) is 31.7 Å². The number of rotatable bonds is 8. The first-order valence-electron chi connectivity index (χ1n) is 6.45. The molecule has 0 N–H and O–H groups in total. The van der Waals surface area contributed by atoms with E-state index in [9.17, 15) is 4.79 Å². The summed E-state index contributed by atoms with van der Waals surface area (Å²) in [5.41, 5.74) is 1.94. The molecule has 1 aromatic carbocycles. The van der Waals surface area contributed by atoms with E-state index >= 15 is 0 Å². The van der Waals surface area contributed by atoms with Gasteiger partial charge in [0.05, 0.1) is 19.3 Å². The van der Waals surface area contributed by atoms with Crippen LogP contribution in [0.3, 0.4) is 0 Å². The van der Waals surface area contributed by atoms with Gasteiger partial charge in [0.1, 0.15) is 6.61 Å². The van der Waals surface area contributed by atoms with Gasteiger partial charge in [-0.3, -0.25) is 4.79 Å². The van der Waals surface area contributed by atoms with Gasteiger partial charge in [-0.25, -0.2) is 0 Å². The molecule has 3 heteroatoms. The fourth-order valence-electron chi connectivity index (χ4n) is 1.52. The van der Waals surface area contributed by atoms with Crippen molar-refractivity contribution in [1.29, 1.82) is 0 Å². The summed E-state index contributed by atoms with van der Waals surface area (Å²) in [6, 6.07) is 7.68. The van der Waals surface area contributed by atoms with Crippen molar-refractivity contribution in [1.82, 2.24) is 0 Å². The van der Waals surface area contributed by atoms with E-state index in [1.54, 1.807) is 0 Å². The number of ketones is 1. The van der Waals surface area contributed by atoms with Gasteiger partial charge in [-0.2, -0.15) is 0 Å². The molecule has 0 aliphatic carbocycles. The highest BCUT2D eigenvalue weighted by molar-refractivity contribution is 5.97. The second-order valence-corrected chi connectivity index (χ2v) is 4.45. The zero-order chi connectivity index (χ0) is 13.4. The van der Waals surface area contributed by atoms with E-state index in [-0.39, 0.29) is 18.5 Å². The van der Waals surface area contributed by atoms with Crippen molar-refractivity contribution < 1.29 is 14.3 Å². The smallest absolute Gasteiger partial charge is 0.188 e. The van der Waals surface area contributed by atoms with Gasteiger partial charge in [0.25, 0.3) is 0 Å². The van der Waals surface area contributed by atoms with Gasteiger partial charge in [0.15, 0.2) is 5.78 Å². The van der Waals surface area contributed by atoms with Crippen molar-refractivity contribution in [3.05, 3.63) is 35.4 Å². The van der Waals surface area contributed by atoms with Crippen LogP contribution in [0.4, 0.5) is 0 Å². The van der Waals surface area contributed by atoms with Crippen LogP contribution < -0.4 is 0 Å². The van der Waals surface area contributed by atoms with Crippen molar-refractivity contribution in [2.45, 2.75) is 33.3 Å². The molecule has 0 amide bonds. The average molecular weight is 250 g/mol. The lowest BCUT2D eigenvalue weighted by atomic mass is 10.1. The first kappa shape index (κ1) is 14.9. The van der Waals surface area contributed by atoms with Crippen LogP contribution in [0.25, 0.3) is 0 Å². The molecule has 3 nitrogen and oxygen atoms in total. The average Bonchev–Trinajstić information content (AvgIpc) is 2.38. The van der Waals surface area contributed by atoms with Crippen LogP contribution in [0.1, 0.15) is 36.7 Å². The maximum absolute atomic E-state index is 11.8. The zero-order valence-electron chi connectivity index (χ0n) is 11.4. The van der Waals surface area contributed by atoms with E-state index in [1.807, 2.05) is 38.1 Å². The lowest BCUT2D eigenvalue weighted by Gasteiger charge is -2.08. The summed E-state index contributed by atoms with van der Waals surface area (Å²) in [5, 5.41) is 0. The third-order valence-electron chi connectivity index (χ3n) is 2.60. The van der Waals surface area contributed by atoms with Gasteiger partial charge in [-0.1, -0.05) is 31.2 Å². The normalized spacial score (nSPS) is 10.9. The number of carbonyl (C=O) groups is 1. The number of Topliss-reactive ketones (excluding diaryl/α,β-unsaturated/α-hetero) is 1. The van der Waals surface area contributed by atoms with E-state index in [1.165, 1.54) is 5.56 Å². The number of hydrogen-bond donors (Lipinski definition) is 0. The van der Waals surface area contributed by atoms with Gasteiger partial charge < -0.3 is 9.47 Å². The first-order chi connectivity index (χ1) is 8.63. The van der Waals surface area contributed by atoms with Crippen LogP contribution in [0.15, 0.2) is 24.3 Å². The fourth-order valence-corrected chi connectivity index (χ4v) is 1.52. The van der Waals surface area contributed by atoms with Crippen LogP contribution in [0.2, 0.25) is 0 Å². The molecular weight excluding hydrogens is 228 g/mol. The Labute approximate surface area is 109 Å². The monoisotopic (exact) mass is 250 g/mol. The molecule has 0 fully saturated rings. The van der Waals surface area contributed by atoms with Crippen molar-refractivity contribution in [2.24, 2.45) is 0 Å². The second-order valence-electron chi connectivity index (χ2n) is 4.45. The summed E-state index contributed by atoms with van der Waals surface area (Å²) in [6.45, 7) is 7.14. The zero-order valence-corrected chi connectivity index (χ0v) is 11.4. The number of benzene rings is 1. The SMILES string of the molecule is CCc1ccc(C(=O)COCCOC(C)C)cc1. The summed E-state index contributed by atoms with van der Waals surface area (Å²) in [7, 11) is 0. The number of carbonyl (C=O) groups excluding carboxylic acids is 1. The van der Waals surface area contributed by atoms with Crippen molar-refractivity contribution in [3.63, 3.8) is 0 Å². The predicted octanol–water partition coefficient (Wildman–Crippen LogP) is 2.87. The van der Waals surface area contributed by atoms with Gasteiger partial charge in [-0.15, -0.1) is 0 Å². The van der Waals surface area contributed by atoms with E-state index in [0.29, 0.717) is 18.8 Å². The third-order valence-corrected chi connectivity index (χ3v) is 2.60. The Morgan fingerprint density at radius 3 is 2.39 bits per heavy atom. The highest BCUT2D eigenvalue weighted by Gasteiger charge is 2.05. The highest BCUT2D eigenvalue weighted by Crippen LogP contribution is 2.06. The van der Waals surface area contributed by atoms with Crippen LogP contribution in [-0.2, 0) is 15.9 Å². The molecule has 0 heterocycles. The minimum absolute atomic E-state index is 0.0159. The van der Waals surface area contributed by atoms with E-state index in [0.717, 1.165) is 6.42 Å². The Balaban J connectivity index is 2.27. The van der Waals surface area contributed by atoms with Crippen molar-refractivity contribution in [3.8, 4) is 0 Å². The van der Waals surface area contributed by atoms with Crippen LogP contribution in [0.5, 0.6) is 0 Å². The van der Waals surface area contributed by atoms with Crippen LogP contribution >= 0.6 is 0 Å². The lowest BCUT2D eigenvalue weighted by molar-refractivity contribution is 0.0208. The molecule has 100 valence electrons. The minimum Gasteiger partial charge on any atom is -0.376 e. The molecule has 0 aliphatic rings. The van der Waals surface area contributed by atoms with Crippen molar-refractivity contribution in [2.75, 3.05) is 19.8 Å². The summed E-state index contributed by atoms with van der Waals surface area (Å²) in [5.74, 6) is 0.0159. The van der Waals surface area contributed by atoms with Gasteiger partial charge in [0.2, 0.25) is 0 Å². The topological polar surface area (TPSA) is 35.5 Å². The number of hydrogen-bond acceptors (Lipinski definition) is 3. The standard InChI is InChI=1S/C15H22O3/c1-4-13-5-7-14(8-6-13)15(16)11-17-9-10-18-12(2)3/h5-8,12H,4,9-11H2,1-3H3. The van der Waals surface area contributed by atoms with E-state index in [4.69, 9.17) is 9.47 Å². The summed E-state index contributed by atoms with van der Waals surface area (Å²) >= 11 is 0. The third kappa shape index (κ3) is 5.43. The predicted molar refractivity (Wildman–Crippen MR) is 72.1 cm³/mol. The second kappa shape index (κ2) is 8.01. The maximum Gasteiger partial charge on any atom is 0.188 e. The Bertz CT molecular complexity index is 355. The molecule has 1 aromatic rings. The molecule has 0 saturated heterocycles. The summed E-state index contributed by atoms with van der Waals surface area (Å²) < 4.78 is 10.6. The Morgan fingerprint density at radius 2 is 1.83 bits per heavy atom. The Morgan fingerprint density at radius 1 is 1.17 bits per heavy atom. The van der Waals surface area contributed by atoms with Crippen LogP contribution in [0, 0.1) is 0 Å². The minimum atomic E-state index is 0.0159. The molecule has 0 saturated carbocycles. The fraction of sp³-hybridized carbons (Fsp3) is 0.533. The quantitative estimate of drug-likeness (QED) is 0.525. The Hall–Kier alpha value is -1.19. The van der Waals surface area contributed by atoms with E-state index < -0.39 is 0 Å². The summed E-state index contributed by atoms with van der Waals surface area (Å²) in [4.78, 5) is 11.8. The molecule has 0 bridgehead atoms. The molecule has 1 rings (SSSR count). The molecular formula is C15H22O3. The lowest BCUT2D eigenvalue weighted by Crippen LogP contribution is -2.14. The number of aryl methyl sites for hydroxylation is 1. The number of ether oxygens (including phenoxy) is 2. The highest BCUT2D eigenvalue weighted by atomic mass is 16.5. The van der Waals surface area contributed by atoms with Gasteiger partial charge in [0, 0.05) is 5.56 Å². The van der Waals surface area contributed by atoms with Gasteiger partial charge >= 0.3 is 0 Å². The van der Waals surface area contributed by atoms with Gasteiger partial charge in [-0.05, 0) is 25.8 Å². The van der Waals surface area contributed by atoms with E-state index in [2.05, 4.69) is 6.92 Å². The Kier molecular flexibility index (Phi) is 6.61. The molecule has 0 atom stereocenters.